The van der Waals surface area contributed by atoms with E-state index in [0.29, 0.717) is 24.6 Å². The number of nitrogens with zero attached hydrogens (tertiary/aromatic N) is 1. The number of carbonyl (C=O) groups excluding carboxylic acids is 1. The fourth-order valence-electron chi connectivity index (χ4n) is 2.37. The number of thiophene rings is 1. The normalized spacial score (nSPS) is 12.0. The van der Waals surface area contributed by atoms with Crippen molar-refractivity contribution < 1.29 is 4.79 Å². The van der Waals surface area contributed by atoms with Crippen LogP contribution in [0.1, 0.15) is 41.3 Å². The number of carbonyl (C=O) groups is 1. The van der Waals surface area contributed by atoms with E-state index in [0.717, 1.165) is 18.1 Å². The van der Waals surface area contributed by atoms with Gasteiger partial charge in [-0.1, -0.05) is 19.1 Å². The summed E-state index contributed by atoms with van der Waals surface area (Å²) >= 11 is 1.72. The predicted molar refractivity (Wildman–Crippen MR) is 121 cm³/mol. The molecule has 0 saturated heterocycles. The highest BCUT2D eigenvalue weighted by atomic mass is 127. The Balaban J connectivity index is 0.00000338. The summed E-state index contributed by atoms with van der Waals surface area (Å²) in [7, 11) is 1.77. The van der Waals surface area contributed by atoms with E-state index in [1.165, 1.54) is 5.56 Å². The predicted octanol–water partition coefficient (Wildman–Crippen LogP) is 3.58. The minimum atomic E-state index is -0.0399. The standard InChI is InChI=1S/C19H26N4OS.HI/c1-4-21-18(24)16-7-5-15(6-8-16)12-23-19(20-3)22-11-14(2)17-9-10-25-13-17;/h5-10,13-14H,4,11-12H2,1-3H3,(H,21,24)(H2,20,22,23);1H. The second-order valence-electron chi connectivity index (χ2n) is 5.82. The van der Waals surface area contributed by atoms with Gasteiger partial charge < -0.3 is 16.0 Å². The van der Waals surface area contributed by atoms with Crippen molar-refractivity contribution in [1.29, 1.82) is 0 Å². The third kappa shape index (κ3) is 6.95. The van der Waals surface area contributed by atoms with Crippen LogP contribution in [0.3, 0.4) is 0 Å². The van der Waals surface area contributed by atoms with Crippen LogP contribution in [-0.2, 0) is 6.54 Å². The highest BCUT2D eigenvalue weighted by Crippen LogP contribution is 2.16. The van der Waals surface area contributed by atoms with E-state index in [1.807, 2.05) is 31.2 Å². The van der Waals surface area contributed by atoms with Gasteiger partial charge >= 0.3 is 0 Å². The third-order valence-electron chi connectivity index (χ3n) is 3.92. The lowest BCUT2D eigenvalue weighted by atomic mass is 10.1. The molecule has 1 unspecified atom stereocenters. The number of nitrogens with one attached hydrogen (secondary N) is 3. The van der Waals surface area contributed by atoms with Crippen LogP contribution in [-0.4, -0.2) is 32.0 Å². The number of amides is 1. The van der Waals surface area contributed by atoms with Gasteiger partial charge in [-0.3, -0.25) is 9.79 Å². The Morgan fingerprint density at radius 3 is 2.46 bits per heavy atom. The summed E-state index contributed by atoms with van der Waals surface area (Å²) in [5.41, 5.74) is 3.12. The first kappa shape index (κ1) is 22.4. The molecule has 1 atom stereocenters. The average Bonchev–Trinajstić information content (AvgIpc) is 3.17. The molecule has 2 aromatic rings. The molecule has 26 heavy (non-hydrogen) atoms. The third-order valence-corrected chi connectivity index (χ3v) is 4.63. The van der Waals surface area contributed by atoms with E-state index in [-0.39, 0.29) is 29.9 Å². The van der Waals surface area contributed by atoms with Crippen molar-refractivity contribution in [1.82, 2.24) is 16.0 Å². The first-order chi connectivity index (χ1) is 12.1. The lowest BCUT2D eigenvalue weighted by Crippen LogP contribution is -2.38. The molecule has 0 saturated carbocycles. The molecule has 1 amide bonds. The first-order valence-electron chi connectivity index (χ1n) is 8.47. The number of hydrogen-bond donors (Lipinski definition) is 3. The maximum absolute atomic E-state index is 11.8. The summed E-state index contributed by atoms with van der Waals surface area (Å²) in [6.45, 7) is 6.22. The van der Waals surface area contributed by atoms with E-state index < -0.39 is 0 Å². The number of guanidine groups is 1. The Morgan fingerprint density at radius 1 is 1.15 bits per heavy atom. The summed E-state index contributed by atoms with van der Waals surface area (Å²) in [5.74, 6) is 1.16. The molecular weight excluding hydrogens is 459 g/mol. The molecule has 0 aliphatic heterocycles. The van der Waals surface area contributed by atoms with Crippen molar-refractivity contribution in [3.63, 3.8) is 0 Å². The van der Waals surface area contributed by atoms with Gasteiger partial charge in [-0.25, -0.2) is 0 Å². The van der Waals surface area contributed by atoms with Crippen LogP contribution in [0.4, 0.5) is 0 Å². The largest absolute Gasteiger partial charge is 0.356 e. The molecule has 7 heteroatoms. The number of halogens is 1. The lowest BCUT2D eigenvalue weighted by Gasteiger charge is -2.15. The minimum Gasteiger partial charge on any atom is -0.356 e. The van der Waals surface area contributed by atoms with Crippen LogP contribution < -0.4 is 16.0 Å². The highest BCUT2D eigenvalue weighted by molar-refractivity contribution is 14.0. The monoisotopic (exact) mass is 486 g/mol. The van der Waals surface area contributed by atoms with Crippen molar-refractivity contribution in [2.75, 3.05) is 20.1 Å². The van der Waals surface area contributed by atoms with Crippen molar-refractivity contribution in [3.05, 3.63) is 57.8 Å². The van der Waals surface area contributed by atoms with E-state index in [9.17, 15) is 4.79 Å². The molecule has 1 heterocycles. The molecule has 5 nitrogen and oxygen atoms in total. The number of aliphatic imine (C=N–C) groups is 1. The van der Waals surface area contributed by atoms with Gasteiger partial charge in [-0.2, -0.15) is 11.3 Å². The second kappa shape index (κ2) is 11.9. The maximum atomic E-state index is 11.8. The van der Waals surface area contributed by atoms with Gasteiger partial charge in [0.15, 0.2) is 5.96 Å². The van der Waals surface area contributed by atoms with Crippen molar-refractivity contribution in [2.45, 2.75) is 26.3 Å². The van der Waals surface area contributed by atoms with Crippen LogP contribution in [0.2, 0.25) is 0 Å². The zero-order valence-electron chi connectivity index (χ0n) is 15.4. The van der Waals surface area contributed by atoms with E-state index in [4.69, 9.17) is 0 Å². The van der Waals surface area contributed by atoms with Crippen LogP contribution in [0.25, 0.3) is 0 Å². The average molecular weight is 486 g/mol. The fourth-order valence-corrected chi connectivity index (χ4v) is 3.15. The molecule has 3 N–H and O–H groups in total. The molecule has 2 rings (SSSR count). The van der Waals surface area contributed by atoms with Gasteiger partial charge in [0.25, 0.3) is 5.91 Å². The Morgan fingerprint density at radius 2 is 1.88 bits per heavy atom. The van der Waals surface area contributed by atoms with Gasteiger partial charge in [0, 0.05) is 32.2 Å². The van der Waals surface area contributed by atoms with Gasteiger partial charge in [0.05, 0.1) is 0 Å². The molecule has 0 radical (unpaired) electrons. The molecule has 1 aromatic carbocycles. The maximum Gasteiger partial charge on any atom is 0.251 e. The van der Waals surface area contributed by atoms with Crippen LogP contribution in [0.5, 0.6) is 0 Å². The first-order valence-corrected chi connectivity index (χ1v) is 9.42. The van der Waals surface area contributed by atoms with Gasteiger partial charge in [-0.15, -0.1) is 24.0 Å². The SMILES string of the molecule is CCNC(=O)c1ccc(CNC(=NC)NCC(C)c2ccsc2)cc1.I. The van der Waals surface area contributed by atoms with Crippen LogP contribution in [0, 0.1) is 0 Å². The Hall–Kier alpha value is -1.61. The summed E-state index contributed by atoms with van der Waals surface area (Å²) in [6.07, 6.45) is 0. The van der Waals surface area contributed by atoms with Gasteiger partial charge in [-0.05, 0) is 52.9 Å². The molecule has 142 valence electrons. The number of benzene rings is 1. The summed E-state index contributed by atoms with van der Waals surface area (Å²) < 4.78 is 0. The number of hydrogen-bond acceptors (Lipinski definition) is 3. The van der Waals surface area contributed by atoms with E-state index >= 15 is 0 Å². The summed E-state index contributed by atoms with van der Waals surface area (Å²) in [5, 5.41) is 13.7. The van der Waals surface area contributed by atoms with Gasteiger partial charge in [0.1, 0.15) is 0 Å². The van der Waals surface area contributed by atoms with Gasteiger partial charge in [0.2, 0.25) is 0 Å². The summed E-state index contributed by atoms with van der Waals surface area (Å²) in [6, 6.07) is 9.76. The smallest absolute Gasteiger partial charge is 0.251 e. The molecule has 0 aliphatic carbocycles. The zero-order valence-corrected chi connectivity index (χ0v) is 18.6. The lowest BCUT2D eigenvalue weighted by molar-refractivity contribution is 0.0956. The van der Waals surface area contributed by atoms with Crippen LogP contribution >= 0.6 is 35.3 Å². The van der Waals surface area contributed by atoms with Crippen molar-refractivity contribution in [3.8, 4) is 0 Å². The topological polar surface area (TPSA) is 65.5 Å². The van der Waals surface area contributed by atoms with Crippen molar-refractivity contribution >= 4 is 47.2 Å². The Kier molecular flexibility index (Phi) is 10.3. The molecule has 0 bridgehead atoms. The molecule has 0 aliphatic rings. The highest BCUT2D eigenvalue weighted by Gasteiger charge is 2.07. The summed E-state index contributed by atoms with van der Waals surface area (Å²) in [4.78, 5) is 16.0. The fraction of sp³-hybridized carbons (Fsp3) is 0.368. The molecule has 0 fully saturated rings. The second-order valence-corrected chi connectivity index (χ2v) is 6.60. The Labute approximate surface area is 176 Å². The zero-order chi connectivity index (χ0) is 18.1. The quantitative estimate of drug-likeness (QED) is 0.319. The molecule has 1 aromatic heterocycles. The molecular formula is C19H27IN4OS. The van der Waals surface area contributed by atoms with Crippen LogP contribution in [0.15, 0.2) is 46.1 Å². The number of rotatable bonds is 7. The minimum absolute atomic E-state index is 0. The van der Waals surface area contributed by atoms with Crippen molar-refractivity contribution in [2.24, 2.45) is 4.99 Å². The Bertz CT molecular complexity index is 686. The molecule has 0 spiro atoms. The van der Waals surface area contributed by atoms with E-state index in [1.54, 1.807) is 18.4 Å². The van der Waals surface area contributed by atoms with E-state index in [2.05, 4.69) is 44.7 Å².